The molecule has 0 atom stereocenters. The van der Waals surface area contributed by atoms with Gasteiger partial charge in [-0.3, -0.25) is 10.00 Å². The average Bonchev–Trinajstić information content (AvgIpc) is 3.10. The number of halogens is 3. The normalized spacial score (nSPS) is 19.2. The number of nitrogens with one attached hydrogen (secondary N) is 1. The fourth-order valence-corrected chi connectivity index (χ4v) is 4.16. The Bertz CT molecular complexity index is 950. The van der Waals surface area contributed by atoms with Gasteiger partial charge in [-0.1, -0.05) is 30.3 Å². The lowest BCUT2D eigenvalue weighted by Crippen LogP contribution is -2.46. The van der Waals surface area contributed by atoms with Crippen LogP contribution in [0, 0.1) is 11.3 Å². The second-order valence-electron chi connectivity index (χ2n) is 7.07. The van der Waals surface area contributed by atoms with Gasteiger partial charge in [0, 0.05) is 12.0 Å². The number of benzene rings is 1. The fraction of sp³-hybridized carbons (Fsp3) is 0.368. The van der Waals surface area contributed by atoms with E-state index in [1.54, 1.807) is 0 Å². The van der Waals surface area contributed by atoms with E-state index in [0.29, 0.717) is 32.5 Å². The van der Waals surface area contributed by atoms with Crippen molar-refractivity contribution >= 4 is 0 Å². The summed E-state index contributed by atoms with van der Waals surface area (Å²) in [5.41, 5.74) is 4.81. The molecule has 1 aromatic carbocycles. The van der Waals surface area contributed by atoms with E-state index in [0.717, 1.165) is 5.56 Å². The molecule has 2 aromatic rings. The second-order valence-corrected chi connectivity index (χ2v) is 7.07. The molecule has 3 N–H and O–H groups in total. The predicted molar refractivity (Wildman–Crippen MR) is 93.7 cm³/mol. The smallest absolute Gasteiger partial charge is 0.420 e. The number of allylic oxidation sites excluding steroid dienone is 1. The van der Waals surface area contributed by atoms with Gasteiger partial charge in [0.25, 0.3) is 0 Å². The van der Waals surface area contributed by atoms with Gasteiger partial charge in [0.15, 0.2) is 0 Å². The number of alkyl halides is 3. The van der Waals surface area contributed by atoms with Crippen LogP contribution in [-0.4, -0.2) is 28.2 Å². The number of hydrogen-bond acceptors (Lipinski definition) is 5. The molecule has 6 nitrogen and oxygen atoms in total. The number of likely N-dealkylation sites (tertiary alicyclic amines) is 1. The zero-order valence-electron chi connectivity index (χ0n) is 14.9. The highest BCUT2D eigenvalue weighted by atomic mass is 19.4. The number of rotatable bonds is 2. The van der Waals surface area contributed by atoms with Crippen molar-refractivity contribution in [3.8, 4) is 11.9 Å². The van der Waals surface area contributed by atoms with Crippen molar-refractivity contribution < 1.29 is 17.9 Å². The summed E-state index contributed by atoms with van der Waals surface area (Å²) in [6, 6.07) is 11.8. The number of aromatic amines is 1. The van der Waals surface area contributed by atoms with Gasteiger partial charge < -0.3 is 10.5 Å². The van der Waals surface area contributed by atoms with E-state index in [1.807, 2.05) is 41.5 Å². The highest BCUT2D eigenvalue weighted by Gasteiger charge is 2.53. The lowest BCUT2D eigenvalue weighted by atomic mass is 9.67. The Morgan fingerprint density at radius 3 is 2.54 bits per heavy atom. The minimum absolute atomic E-state index is 0.0475. The molecule has 146 valence electrons. The van der Waals surface area contributed by atoms with E-state index in [9.17, 15) is 18.4 Å². The highest BCUT2D eigenvalue weighted by Crippen LogP contribution is 2.52. The predicted octanol–water partition coefficient (Wildman–Crippen LogP) is 3.05. The van der Waals surface area contributed by atoms with Crippen molar-refractivity contribution in [3.05, 3.63) is 58.6 Å². The molecule has 1 aromatic heterocycles. The Hall–Kier alpha value is -2.99. The molecule has 3 heterocycles. The van der Waals surface area contributed by atoms with Crippen molar-refractivity contribution in [2.24, 2.45) is 5.73 Å². The van der Waals surface area contributed by atoms with Crippen LogP contribution in [0.15, 0.2) is 41.8 Å². The van der Waals surface area contributed by atoms with Gasteiger partial charge in [0.2, 0.25) is 11.8 Å². The van der Waals surface area contributed by atoms with Gasteiger partial charge in [-0.25, -0.2) is 0 Å². The average molecular weight is 389 g/mol. The van der Waals surface area contributed by atoms with Crippen molar-refractivity contribution in [1.29, 1.82) is 5.26 Å². The molecule has 2 aliphatic rings. The first-order valence-electron chi connectivity index (χ1n) is 8.85. The number of aromatic nitrogens is 2. The Balaban J connectivity index is 1.69. The number of nitriles is 1. The molecule has 1 fully saturated rings. The van der Waals surface area contributed by atoms with E-state index >= 15 is 0 Å². The van der Waals surface area contributed by atoms with Crippen molar-refractivity contribution in [2.45, 2.75) is 31.0 Å². The van der Waals surface area contributed by atoms with Crippen LogP contribution < -0.4 is 10.5 Å². The van der Waals surface area contributed by atoms with E-state index in [2.05, 4.69) is 10.00 Å². The van der Waals surface area contributed by atoms with Crippen molar-refractivity contribution in [3.63, 3.8) is 0 Å². The Labute approximate surface area is 159 Å². The highest BCUT2D eigenvalue weighted by molar-refractivity contribution is 5.55. The first kappa shape index (κ1) is 18.4. The van der Waals surface area contributed by atoms with Crippen LogP contribution in [0.5, 0.6) is 5.88 Å². The maximum atomic E-state index is 13.6. The Morgan fingerprint density at radius 2 is 1.93 bits per heavy atom. The van der Waals surface area contributed by atoms with Gasteiger partial charge in [-0.15, -0.1) is 5.10 Å². The van der Waals surface area contributed by atoms with Crippen molar-refractivity contribution in [2.75, 3.05) is 13.1 Å². The zero-order chi connectivity index (χ0) is 19.9. The molecular weight excluding hydrogens is 371 g/mol. The number of ether oxygens (including phenoxy) is 1. The summed E-state index contributed by atoms with van der Waals surface area (Å²) in [4.78, 5) is 2.16. The first-order valence-corrected chi connectivity index (χ1v) is 8.85. The summed E-state index contributed by atoms with van der Waals surface area (Å²) in [7, 11) is 0. The molecule has 0 amide bonds. The third-order valence-electron chi connectivity index (χ3n) is 5.50. The molecule has 2 aliphatic heterocycles. The fourth-order valence-electron chi connectivity index (χ4n) is 4.16. The van der Waals surface area contributed by atoms with Gasteiger partial charge >= 0.3 is 6.18 Å². The van der Waals surface area contributed by atoms with Gasteiger partial charge in [-0.05, 0) is 31.5 Å². The van der Waals surface area contributed by atoms with E-state index in [-0.39, 0.29) is 22.9 Å². The molecule has 0 saturated carbocycles. The number of hydrogen-bond donors (Lipinski definition) is 2. The lowest BCUT2D eigenvalue weighted by molar-refractivity contribution is -0.142. The van der Waals surface area contributed by atoms with Crippen LogP contribution in [-0.2, 0) is 18.1 Å². The third-order valence-corrected chi connectivity index (χ3v) is 5.50. The summed E-state index contributed by atoms with van der Waals surface area (Å²) >= 11 is 0. The molecule has 1 saturated heterocycles. The summed E-state index contributed by atoms with van der Waals surface area (Å²) in [5, 5.41) is 15.4. The topological polar surface area (TPSA) is 91.0 Å². The summed E-state index contributed by atoms with van der Waals surface area (Å²) in [5.74, 6) is -0.368. The maximum Gasteiger partial charge on any atom is 0.433 e. The minimum Gasteiger partial charge on any atom is -0.420 e. The molecule has 0 unspecified atom stereocenters. The van der Waals surface area contributed by atoms with E-state index < -0.39 is 17.3 Å². The molecule has 0 aliphatic carbocycles. The molecule has 28 heavy (non-hydrogen) atoms. The van der Waals surface area contributed by atoms with Crippen molar-refractivity contribution in [1.82, 2.24) is 15.1 Å². The van der Waals surface area contributed by atoms with Gasteiger partial charge in [0.1, 0.15) is 17.3 Å². The molecule has 0 radical (unpaired) electrons. The molecule has 0 bridgehead atoms. The van der Waals surface area contributed by atoms with Crippen LogP contribution in [0.3, 0.4) is 0 Å². The van der Waals surface area contributed by atoms with Crippen LogP contribution in [0.4, 0.5) is 13.2 Å². The standard InChI is InChI=1S/C19H18F3N5O/c20-19(21,22)15-14-17(26-25-15)28-16(24)13(10-23)18(14)6-8-27(9-7-18)11-12-4-2-1-3-5-12/h1-5H,6-9,11,24H2,(H,25,26). The number of nitrogens with two attached hydrogens (primary N) is 1. The molecule has 1 spiro atoms. The Kier molecular flexibility index (Phi) is 4.31. The van der Waals surface area contributed by atoms with E-state index in [1.165, 1.54) is 0 Å². The molecule has 4 rings (SSSR count). The largest absolute Gasteiger partial charge is 0.433 e. The maximum absolute atomic E-state index is 13.6. The Morgan fingerprint density at radius 1 is 1.25 bits per heavy atom. The zero-order valence-corrected chi connectivity index (χ0v) is 14.9. The van der Waals surface area contributed by atoms with Crippen LogP contribution in [0.25, 0.3) is 0 Å². The SMILES string of the molecule is N#CC1=C(N)Oc2n[nH]c(C(F)(F)F)c2C12CCN(Cc1ccccc1)CC2. The second kappa shape index (κ2) is 6.56. The minimum atomic E-state index is -4.63. The lowest BCUT2D eigenvalue weighted by Gasteiger charge is -2.43. The van der Waals surface area contributed by atoms with E-state index in [4.69, 9.17) is 10.5 Å². The first-order chi connectivity index (χ1) is 13.3. The summed E-state index contributed by atoms with van der Waals surface area (Å²) in [6.07, 6.45) is -3.99. The van der Waals surface area contributed by atoms with Crippen LogP contribution in [0.2, 0.25) is 0 Å². The number of fused-ring (bicyclic) bond motifs is 2. The summed E-state index contributed by atoms with van der Waals surface area (Å²) < 4.78 is 46.0. The quantitative estimate of drug-likeness (QED) is 0.824. The van der Waals surface area contributed by atoms with Crippen LogP contribution >= 0.6 is 0 Å². The monoisotopic (exact) mass is 389 g/mol. The third kappa shape index (κ3) is 2.90. The number of H-pyrrole nitrogens is 1. The van der Waals surface area contributed by atoms with Gasteiger partial charge in [0.05, 0.1) is 5.56 Å². The van der Waals surface area contributed by atoms with Gasteiger partial charge in [-0.2, -0.15) is 18.4 Å². The summed E-state index contributed by atoms with van der Waals surface area (Å²) in [6.45, 7) is 1.74. The number of piperidine rings is 1. The van der Waals surface area contributed by atoms with Crippen LogP contribution in [0.1, 0.15) is 29.7 Å². The molecular formula is C19H18F3N5O. The number of nitrogens with zero attached hydrogens (tertiary/aromatic N) is 3. The molecule has 9 heteroatoms.